The molecule has 0 unspecified atom stereocenters. The number of carbonyl (C=O) groups excluding carboxylic acids is 3. The third-order valence-corrected chi connectivity index (χ3v) is 5.42. The van der Waals surface area contributed by atoms with Gasteiger partial charge in [0.1, 0.15) is 5.75 Å². The fourth-order valence-electron chi connectivity index (χ4n) is 2.45. The van der Waals surface area contributed by atoms with E-state index in [1.165, 1.54) is 4.90 Å². The van der Waals surface area contributed by atoms with Crippen LogP contribution in [0.2, 0.25) is 0 Å². The van der Waals surface area contributed by atoms with Crippen LogP contribution < -0.4 is 10.5 Å². The Balaban J connectivity index is 1.83. The summed E-state index contributed by atoms with van der Waals surface area (Å²) in [5, 5.41) is -0.336. The van der Waals surface area contributed by atoms with E-state index in [9.17, 15) is 14.4 Å². The molecule has 3 amide bonds. The van der Waals surface area contributed by atoms with Gasteiger partial charge >= 0.3 is 0 Å². The van der Waals surface area contributed by atoms with E-state index in [-0.39, 0.29) is 24.3 Å². The van der Waals surface area contributed by atoms with Crippen molar-refractivity contribution in [2.24, 2.45) is 5.73 Å². The number of hydrogen-bond acceptors (Lipinski definition) is 5. The number of para-hydroxylation sites is 1. The average Bonchev–Trinajstić information content (AvgIpc) is 2.90. The van der Waals surface area contributed by atoms with E-state index in [0.29, 0.717) is 16.2 Å². The van der Waals surface area contributed by atoms with Gasteiger partial charge in [0, 0.05) is 10.0 Å². The largest absolute Gasteiger partial charge is 0.483 e. The van der Waals surface area contributed by atoms with E-state index < -0.39 is 5.91 Å². The van der Waals surface area contributed by atoms with E-state index in [1.807, 2.05) is 24.3 Å². The molecule has 0 saturated carbocycles. The summed E-state index contributed by atoms with van der Waals surface area (Å²) >= 11 is 4.30. The lowest BCUT2D eigenvalue weighted by molar-refractivity contribution is -0.123. The van der Waals surface area contributed by atoms with Crippen molar-refractivity contribution in [3.8, 4) is 5.75 Å². The van der Waals surface area contributed by atoms with Crippen LogP contribution in [0, 0.1) is 0 Å². The maximum absolute atomic E-state index is 12.7. The van der Waals surface area contributed by atoms with Gasteiger partial charge in [0.25, 0.3) is 17.1 Å². The average molecular weight is 447 g/mol. The van der Waals surface area contributed by atoms with Gasteiger partial charge < -0.3 is 10.5 Å². The minimum atomic E-state index is -0.599. The molecule has 1 heterocycles. The zero-order valence-corrected chi connectivity index (χ0v) is 16.5. The van der Waals surface area contributed by atoms with Crippen LogP contribution in [-0.4, -0.2) is 28.6 Å². The molecule has 6 nitrogen and oxygen atoms in total. The molecule has 2 N–H and O–H groups in total. The van der Waals surface area contributed by atoms with Crippen molar-refractivity contribution in [3.05, 3.63) is 69.0 Å². The molecule has 0 aromatic heterocycles. The van der Waals surface area contributed by atoms with Crippen LogP contribution in [0.25, 0.3) is 6.08 Å². The Morgan fingerprint density at radius 2 is 1.85 bits per heavy atom. The molecule has 0 spiro atoms. The first-order valence-corrected chi connectivity index (χ1v) is 9.55. The highest BCUT2D eigenvalue weighted by Gasteiger charge is 2.35. The van der Waals surface area contributed by atoms with Gasteiger partial charge in [-0.25, -0.2) is 0 Å². The second kappa shape index (κ2) is 8.41. The number of ether oxygens (including phenoxy) is 1. The molecule has 27 heavy (non-hydrogen) atoms. The quantitative estimate of drug-likeness (QED) is 0.685. The molecule has 0 bridgehead atoms. The molecule has 1 aliphatic rings. The maximum atomic E-state index is 12.7. The lowest BCUT2D eigenvalue weighted by Crippen LogP contribution is -2.27. The Labute approximate surface area is 168 Å². The number of nitrogens with zero attached hydrogens (tertiary/aromatic N) is 1. The molecule has 1 aliphatic heterocycles. The molecule has 3 rings (SSSR count). The number of hydrogen-bond donors (Lipinski definition) is 1. The van der Waals surface area contributed by atoms with Gasteiger partial charge in [0.2, 0.25) is 0 Å². The first-order valence-electron chi connectivity index (χ1n) is 7.94. The first-order chi connectivity index (χ1) is 13.0. The standard InChI is InChI=1S/C19H15BrN2O4S/c20-14-7-3-1-6-13(14)10-22-18(24)16(27-19(22)25)9-12-5-2-4-8-15(12)26-11-17(21)23/h1-9H,10-11H2,(H2,21,23)/b16-9-. The summed E-state index contributed by atoms with van der Waals surface area (Å²) in [7, 11) is 0. The van der Waals surface area contributed by atoms with E-state index >= 15 is 0 Å². The van der Waals surface area contributed by atoms with Crippen LogP contribution in [0.3, 0.4) is 0 Å². The highest BCUT2D eigenvalue weighted by molar-refractivity contribution is 9.10. The minimum absolute atomic E-state index is 0.184. The topological polar surface area (TPSA) is 89.7 Å². The van der Waals surface area contributed by atoms with Crippen molar-refractivity contribution in [1.29, 1.82) is 0 Å². The molecule has 2 aromatic carbocycles. The fraction of sp³-hybridized carbons (Fsp3) is 0.105. The minimum Gasteiger partial charge on any atom is -0.483 e. The Morgan fingerprint density at radius 3 is 2.59 bits per heavy atom. The predicted octanol–water partition coefficient (Wildman–Crippen LogP) is 3.55. The van der Waals surface area contributed by atoms with E-state index in [0.717, 1.165) is 21.8 Å². The monoisotopic (exact) mass is 446 g/mol. The normalized spacial score (nSPS) is 15.4. The van der Waals surface area contributed by atoms with Crippen LogP contribution in [0.5, 0.6) is 5.75 Å². The van der Waals surface area contributed by atoms with Gasteiger partial charge in [-0.05, 0) is 35.5 Å². The Morgan fingerprint density at radius 1 is 1.15 bits per heavy atom. The van der Waals surface area contributed by atoms with Crippen LogP contribution in [-0.2, 0) is 16.1 Å². The lowest BCUT2D eigenvalue weighted by Gasteiger charge is -2.13. The highest BCUT2D eigenvalue weighted by atomic mass is 79.9. The predicted molar refractivity (Wildman–Crippen MR) is 107 cm³/mol. The van der Waals surface area contributed by atoms with Crippen molar-refractivity contribution in [1.82, 2.24) is 4.90 Å². The van der Waals surface area contributed by atoms with Crippen LogP contribution in [0.15, 0.2) is 57.9 Å². The third kappa shape index (κ3) is 4.58. The van der Waals surface area contributed by atoms with Gasteiger partial charge in [0.15, 0.2) is 6.61 Å². The zero-order valence-electron chi connectivity index (χ0n) is 14.1. The SMILES string of the molecule is NC(=O)COc1ccccc1/C=C1\SC(=O)N(Cc2ccccc2Br)C1=O. The van der Waals surface area contributed by atoms with E-state index in [1.54, 1.807) is 30.3 Å². The highest BCUT2D eigenvalue weighted by Crippen LogP contribution is 2.35. The molecule has 1 fully saturated rings. The number of nitrogens with two attached hydrogens (primary N) is 1. The molecule has 8 heteroatoms. The van der Waals surface area contributed by atoms with Gasteiger partial charge in [-0.2, -0.15) is 0 Å². The van der Waals surface area contributed by atoms with Crippen molar-refractivity contribution in [2.45, 2.75) is 6.54 Å². The first kappa shape index (κ1) is 19.2. The Hall–Kier alpha value is -2.58. The summed E-state index contributed by atoms with van der Waals surface area (Å²) in [6, 6.07) is 14.3. The zero-order chi connectivity index (χ0) is 19.4. The van der Waals surface area contributed by atoms with Gasteiger partial charge in [0.05, 0.1) is 11.4 Å². The summed E-state index contributed by atoms with van der Waals surface area (Å²) < 4.78 is 6.20. The van der Waals surface area contributed by atoms with Crippen LogP contribution in [0.1, 0.15) is 11.1 Å². The second-order valence-electron chi connectivity index (χ2n) is 5.65. The number of thioether (sulfide) groups is 1. The third-order valence-electron chi connectivity index (χ3n) is 3.74. The molecule has 138 valence electrons. The number of imide groups is 1. The summed E-state index contributed by atoms with van der Waals surface area (Å²) in [6.45, 7) is -0.0857. The second-order valence-corrected chi connectivity index (χ2v) is 7.50. The summed E-state index contributed by atoms with van der Waals surface area (Å²) in [6.07, 6.45) is 1.58. The number of carbonyl (C=O) groups is 3. The smallest absolute Gasteiger partial charge is 0.293 e. The van der Waals surface area contributed by atoms with Crippen molar-refractivity contribution >= 4 is 50.8 Å². The number of amides is 3. The van der Waals surface area contributed by atoms with Crippen molar-refractivity contribution in [2.75, 3.05) is 6.61 Å². The van der Waals surface area contributed by atoms with Gasteiger partial charge in [-0.1, -0.05) is 52.3 Å². The Kier molecular flexibility index (Phi) is 5.98. The lowest BCUT2D eigenvalue weighted by atomic mass is 10.1. The maximum Gasteiger partial charge on any atom is 0.293 e. The van der Waals surface area contributed by atoms with E-state index in [2.05, 4.69) is 15.9 Å². The molecular weight excluding hydrogens is 432 g/mol. The van der Waals surface area contributed by atoms with Crippen LogP contribution in [0.4, 0.5) is 4.79 Å². The summed E-state index contributed by atoms with van der Waals surface area (Å²) in [5.74, 6) is -0.557. The van der Waals surface area contributed by atoms with Gasteiger partial charge in [-0.15, -0.1) is 0 Å². The molecule has 0 aliphatic carbocycles. The fourth-order valence-corrected chi connectivity index (χ4v) is 3.69. The number of benzene rings is 2. The molecule has 0 atom stereocenters. The number of primary amides is 1. The summed E-state index contributed by atoms with van der Waals surface area (Å²) in [5.41, 5.74) is 6.53. The molecular formula is C19H15BrN2O4S. The molecule has 1 saturated heterocycles. The molecule has 0 radical (unpaired) electrons. The van der Waals surface area contributed by atoms with E-state index in [4.69, 9.17) is 10.5 Å². The van der Waals surface area contributed by atoms with Crippen molar-refractivity contribution < 1.29 is 19.1 Å². The number of halogens is 1. The van der Waals surface area contributed by atoms with Crippen molar-refractivity contribution in [3.63, 3.8) is 0 Å². The summed E-state index contributed by atoms with van der Waals surface area (Å²) in [4.78, 5) is 37.4. The molecule has 2 aromatic rings. The number of rotatable bonds is 6. The van der Waals surface area contributed by atoms with Gasteiger partial charge in [-0.3, -0.25) is 19.3 Å². The Bertz CT molecular complexity index is 945. The van der Waals surface area contributed by atoms with Crippen LogP contribution >= 0.6 is 27.7 Å².